The Kier molecular flexibility index (Phi) is 707. The van der Waals surface area contributed by atoms with Gasteiger partial charge in [0.25, 0.3) is 0 Å². The maximum absolute atomic E-state index is 2.17. The molecule has 1 radical (unpaired) electrons. The van der Waals surface area contributed by atoms with Crippen molar-refractivity contribution in [1.82, 2.24) is 0 Å². The Labute approximate surface area is 253 Å². The zero-order valence-corrected chi connectivity index (χ0v) is 33.1. The van der Waals surface area contributed by atoms with Crippen LogP contribution >= 0.6 is 0 Å². The van der Waals surface area contributed by atoms with E-state index in [4.69, 9.17) is 0 Å². The fraction of sp³-hybridized carbons (Fsp3) is 1.00. The summed E-state index contributed by atoms with van der Waals surface area (Å²) in [5, 5.41) is 0. The molecule has 0 aromatic heterocycles. The summed E-state index contributed by atoms with van der Waals surface area (Å²) in [5.41, 5.74) is 0. The predicted octanol–water partition coefficient (Wildman–Crippen LogP) is 12.9. The van der Waals surface area contributed by atoms with Gasteiger partial charge in [0.15, 0.2) is 0 Å². The van der Waals surface area contributed by atoms with Crippen molar-refractivity contribution in [3.63, 3.8) is 0 Å². The molecule has 0 unspecified atom stereocenters. The van der Waals surface area contributed by atoms with Gasteiger partial charge in [-0.2, -0.15) is 0 Å². The molecule has 0 amide bonds. The fourth-order valence-electron chi connectivity index (χ4n) is 0. The molecule has 0 saturated carbocycles. The van der Waals surface area contributed by atoms with Crippen molar-refractivity contribution in [2.45, 2.75) is 173 Å². The minimum atomic E-state index is 0. The van der Waals surface area contributed by atoms with E-state index in [-0.39, 0.29) is 85.6 Å². The molecular formula is C27H76UVW. The van der Waals surface area contributed by atoms with E-state index in [2.05, 4.69) is 83.1 Å². The van der Waals surface area contributed by atoms with Crippen LogP contribution in [0.3, 0.4) is 0 Å². The van der Waals surface area contributed by atoms with E-state index in [1.54, 1.807) is 0 Å². The summed E-state index contributed by atoms with van der Waals surface area (Å²) in [6, 6.07) is 0. The molecule has 0 aliphatic carbocycles. The average molecular weight is 874 g/mol. The quantitative estimate of drug-likeness (QED) is 0.227. The summed E-state index contributed by atoms with van der Waals surface area (Å²) in [4.78, 5) is 0. The second-order valence-corrected chi connectivity index (χ2v) is 5.59. The van der Waals surface area contributed by atoms with Crippen molar-refractivity contribution in [2.75, 3.05) is 0 Å². The fourth-order valence-corrected chi connectivity index (χ4v) is 0. The standard InChI is InChI=1S/2C4H10.3C3H8.4C2H6.2CH4.U.V.W/c2*1-4(2)3;3*1-3-2;4*1-2;;;;;/h2*4H,1-3H3;3*3H2,1-2H3;4*1-2H3;2*1H4;;;. The van der Waals surface area contributed by atoms with E-state index in [0.717, 1.165) is 11.8 Å². The molecule has 199 valence electrons. The molecule has 0 rings (SSSR count). The van der Waals surface area contributed by atoms with Gasteiger partial charge in [-0.15, -0.1) is 0 Å². The Morgan fingerprint density at radius 2 is 0.400 bits per heavy atom. The average Bonchev–Trinajstić information content (AvgIpc) is 2.56. The molecule has 0 heterocycles. The summed E-state index contributed by atoms with van der Waals surface area (Å²) in [7, 11) is 0. The van der Waals surface area contributed by atoms with Crippen molar-refractivity contribution < 1.29 is 70.7 Å². The van der Waals surface area contributed by atoms with Crippen LogP contribution in [0, 0.1) is 42.9 Å². The van der Waals surface area contributed by atoms with Gasteiger partial charge in [-0.25, -0.2) is 0 Å². The summed E-state index contributed by atoms with van der Waals surface area (Å²) >= 11 is 0. The zero-order chi connectivity index (χ0) is 23.3. The van der Waals surface area contributed by atoms with Gasteiger partial charge in [0, 0.05) is 70.7 Å². The summed E-state index contributed by atoms with van der Waals surface area (Å²) in [6.07, 6.45) is 3.75. The molecular weight excluding hydrogens is 797 g/mol. The molecule has 0 bridgehead atoms. The minimum Gasteiger partial charge on any atom is -0.0776 e. The minimum absolute atomic E-state index is 0. The second kappa shape index (κ2) is 225. The first-order chi connectivity index (χ1) is 11.7. The third-order valence-corrected chi connectivity index (χ3v) is 0. The van der Waals surface area contributed by atoms with Crippen molar-refractivity contribution in [1.29, 1.82) is 0 Å². The molecule has 0 fully saturated rings. The molecule has 0 nitrogen and oxygen atoms in total. The van der Waals surface area contributed by atoms with Crippen LogP contribution in [0.1, 0.15) is 173 Å². The van der Waals surface area contributed by atoms with Gasteiger partial charge in [-0.1, -0.05) is 173 Å². The Morgan fingerprint density at radius 3 is 0.400 bits per heavy atom. The van der Waals surface area contributed by atoms with Gasteiger partial charge in [-0.3, -0.25) is 0 Å². The van der Waals surface area contributed by atoms with Gasteiger partial charge in [0.1, 0.15) is 0 Å². The van der Waals surface area contributed by atoms with Gasteiger partial charge >= 0.3 is 0 Å². The molecule has 0 saturated heterocycles. The number of rotatable bonds is 0. The van der Waals surface area contributed by atoms with Crippen LogP contribution in [0.25, 0.3) is 0 Å². The van der Waals surface area contributed by atoms with Crippen molar-refractivity contribution in [3.8, 4) is 0 Å². The third-order valence-electron chi connectivity index (χ3n) is 0. The van der Waals surface area contributed by atoms with Gasteiger partial charge < -0.3 is 0 Å². The van der Waals surface area contributed by atoms with Gasteiger partial charge in [0.05, 0.1) is 0 Å². The predicted molar refractivity (Wildman–Crippen MR) is 148 cm³/mol. The maximum atomic E-state index is 2.17. The van der Waals surface area contributed by atoms with E-state index in [1.165, 1.54) is 19.3 Å². The van der Waals surface area contributed by atoms with Crippen LogP contribution in [0.4, 0.5) is 0 Å². The monoisotopic (exact) mass is 874 g/mol. The molecule has 0 N–H and O–H groups in total. The summed E-state index contributed by atoms with van der Waals surface area (Å²) in [5.74, 6) is 1.67. The molecule has 0 spiro atoms. The molecule has 0 atom stereocenters. The molecule has 0 aromatic carbocycles. The second-order valence-electron chi connectivity index (χ2n) is 5.59. The molecule has 0 aliphatic rings. The van der Waals surface area contributed by atoms with Crippen LogP contribution in [-0.4, -0.2) is 0 Å². The van der Waals surface area contributed by atoms with Gasteiger partial charge in [0.2, 0.25) is 0 Å². The van der Waals surface area contributed by atoms with Crippen LogP contribution in [0.5, 0.6) is 0 Å². The summed E-state index contributed by atoms with van der Waals surface area (Å²) < 4.78 is 0. The smallest absolute Gasteiger partial charge is 0 e. The summed E-state index contributed by atoms with van der Waals surface area (Å²) in [6.45, 7) is 41.8. The van der Waals surface area contributed by atoms with Crippen molar-refractivity contribution in [3.05, 3.63) is 0 Å². The Balaban J connectivity index is -0.00000000794. The van der Waals surface area contributed by atoms with Crippen LogP contribution in [0.15, 0.2) is 0 Å². The van der Waals surface area contributed by atoms with Crippen LogP contribution in [0.2, 0.25) is 0 Å². The first kappa shape index (κ1) is 94.5. The topological polar surface area (TPSA) is 0 Å². The number of hydrogen-bond donors (Lipinski definition) is 0. The van der Waals surface area contributed by atoms with Crippen LogP contribution < -0.4 is 0 Å². The normalized spacial score (nSPS) is 5.00. The Hall–Kier alpha value is 2.32. The Morgan fingerprint density at radius 1 is 0.400 bits per heavy atom. The van der Waals surface area contributed by atoms with E-state index in [9.17, 15) is 0 Å². The van der Waals surface area contributed by atoms with Crippen LogP contribution in [-0.2, 0) is 39.6 Å². The Bertz CT molecular complexity index is 55.6. The molecule has 3 heteroatoms. The molecule has 0 aliphatic heterocycles. The van der Waals surface area contributed by atoms with Crippen molar-refractivity contribution in [2.24, 2.45) is 11.8 Å². The van der Waals surface area contributed by atoms with Gasteiger partial charge in [-0.05, 0) is 11.8 Å². The largest absolute Gasteiger partial charge is 0.0776 e. The number of hydrogen-bond acceptors (Lipinski definition) is 0. The molecule has 30 heavy (non-hydrogen) atoms. The first-order valence-corrected chi connectivity index (χ1v) is 11.7. The first-order valence-electron chi connectivity index (χ1n) is 11.7. The zero-order valence-electron chi connectivity index (χ0n) is 24.6. The maximum Gasteiger partial charge on any atom is 0 e. The third kappa shape index (κ3) is 4830. The van der Waals surface area contributed by atoms with E-state index in [1.807, 2.05) is 55.4 Å². The molecule has 0 aromatic rings. The van der Waals surface area contributed by atoms with E-state index < -0.39 is 0 Å². The van der Waals surface area contributed by atoms with E-state index >= 15 is 0 Å². The van der Waals surface area contributed by atoms with E-state index in [0.29, 0.717) is 0 Å². The SMILES string of the molecule is C.C.CC.CC.CC.CC.CC(C)C.CC(C)C.CCC.CCC.CCC.[U].[V].[W]. The van der Waals surface area contributed by atoms with Crippen molar-refractivity contribution >= 4 is 0 Å².